The fourth-order valence-electron chi connectivity index (χ4n) is 1.09. The monoisotopic (exact) mass is 174 g/mol. The van der Waals surface area contributed by atoms with Crippen molar-refractivity contribution in [2.75, 3.05) is 7.11 Å². The number of methoxy groups -OCH3 is 1. The van der Waals surface area contributed by atoms with Crippen LogP contribution < -0.4 is 0 Å². The number of carbonyl (C=O) groups excluding carboxylic acids is 1. The maximum Gasteiger partial charge on any atom is 0.349 e. The molecule has 11 heavy (non-hydrogen) atoms. The van der Waals surface area contributed by atoms with Gasteiger partial charge in [0, 0.05) is 0 Å². The molecule has 62 valence electrons. The molecule has 1 fully saturated rings. The Hall–Kier alpha value is -0.500. The molecular formula is C8H11ClO2. The highest BCUT2D eigenvalue weighted by molar-refractivity contribution is 6.41. The third-order valence-corrected chi connectivity index (χ3v) is 2.34. The summed E-state index contributed by atoms with van der Waals surface area (Å²) in [6, 6.07) is 0. The molecule has 0 aromatic heterocycles. The third-order valence-electron chi connectivity index (χ3n) is 1.94. The van der Waals surface area contributed by atoms with Crippen LogP contribution in [0, 0.1) is 5.92 Å². The molecule has 1 rings (SSSR count). The zero-order valence-corrected chi connectivity index (χ0v) is 7.44. The molecule has 0 aromatic carbocycles. The first kappa shape index (κ1) is 8.60. The first-order valence-electron chi connectivity index (χ1n) is 3.67. The van der Waals surface area contributed by atoms with Gasteiger partial charge in [-0.05, 0) is 24.3 Å². The van der Waals surface area contributed by atoms with E-state index in [1.807, 2.05) is 0 Å². The second-order valence-corrected chi connectivity index (χ2v) is 3.02. The SMILES string of the molecule is CCC1C/C1=C(/Cl)C(=O)OC. The highest BCUT2D eigenvalue weighted by Crippen LogP contribution is 2.43. The van der Waals surface area contributed by atoms with Crippen LogP contribution >= 0.6 is 11.6 Å². The Morgan fingerprint density at radius 2 is 2.45 bits per heavy atom. The van der Waals surface area contributed by atoms with Gasteiger partial charge in [0.25, 0.3) is 0 Å². The summed E-state index contributed by atoms with van der Waals surface area (Å²) in [6.07, 6.45) is 2.02. The van der Waals surface area contributed by atoms with Crippen LogP contribution in [0.3, 0.4) is 0 Å². The summed E-state index contributed by atoms with van der Waals surface area (Å²) in [5, 5.41) is 0.291. The Bertz CT molecular complexity index is 208. The average molecular weight is 175 g/mol. The quantitative estimate of drug-likeness (QED) is 0.473. The maximum absolute atomic E-state index is 10.8. The van der Waals surface area contributed by atoms with Gasteiger partial charge in [0.1, 0.15) is 5.03 Å². The topological polar surface area (TPSA) is 26.3 Å². The van der Waals surface area contributed by atoms with Crippen LogP contribution in [0.5, 0.6) is 0 Å². The normalized spacial score (nSPS) is 26.3. The van der Waals surface area contributed by atoms with E-state index >= 15 is 0 Å². The van der Waals surface area contributed by atoms with Gasteiger partial charge in [0.05, 0.1) is 7.11 Å². The second kappa shape index (κ2) is 3.26. The number of hydrogen-bond acceptors (Lipinski definition) is 2. The van der Waals surface area contributed by atoms with Crippen molar-refractivity contribution in [3.8, 4) is 0 Å². The molecule has 0 amide bonds. The van der Waals surface area contributed by atoms with Crippen molar-refractivity contribution in [1.29, 1.82) is 0 Å². The molecular weight excluding hydrogens is 164 g/mol. The van der Waals surface area contributed by atoms with Crippen LogP contribution in [0.15, 0.2) is 10.6 Å². The summed E-state index contributed by atoms with van der Waals surface area (Å²) in [5.41, 5.74) is 1.06. The number of ether oxygens (including phenoxy) is 1. The van der Waals surface area contributed by atoms with E-state index in [2.05, 4.69) is 11.7 Å². The minimum Gasteiger partial charge on any atom is -0.465 e. The van der Waals surface area contributed by atoms with E-state index in [-0.39, 0.29) is 0 Å². The van der Waals surface area contributed by atoms with E-state index in [4.69, 9.17) is 11.6 Å². The first-order chi connectivity index (χ1) is 5.20. The molecule has 0 N–H and O–H groups in total. The number of allylic oxidation sites excluding steroid dienone is 1. The lowest BCUT2D eigenvalue weighted by molar-refractivity contribution is -0.135. The van der Waals surface area contributed by atoms with Crippen molar-refractivity contribution in [1.82, 2.24) is 0 Å². The number of hydrogen-bond donors (Lipinski definition) is 0. The Kier molecular flexibility index (Phi) is 2.55. The molecule has 2 nitrogen and oxygen atoms in total. The van der Waals surface area contributed by atoms with Gasteiger partial charge < -0.3 is 4.74 Å². The number of halogens is 1. The fraction of sp³-hybridized carbons (Fsp3) is 0.625. The molecule has 0 spiro atoms. The Labute approximate surface area is 71.2 Å². The zero-order chi connectivity index (χ0) is 8.43. The van der Waals surface area contributed by atoms with E-state index < -0.39 is 5.97 Å². The van der Waals surface area contributed by atoms with Crippen molar-refractivity contribution in [2.45, 2.75) is 19.8 Å². The van der Waals surface area contributed by atoms with E-state index in [1.54, 1.807) is 0 Å². The van der Waals surface area contributed by atoms with Crippen molar-refractivity contribution < 1.29 is 9.53 Å². The summed E-state index contributed by atoms with van der Waals surface area (Å²) in [7, 11) is 1.34. The molecule has 1 saturated carbocycles. The lowest BCUT2D eigenvalue weighted by Gasteiger charge is -1.94. The van der Waals surface area contributed by atoms with Gasteiger partial charge in [-0.3, -0.25) is 0 Å². The standard InChI is InChI=1S/C8H11ClO2/c1-3-5-4-6(5)7(9)8(10)11-2/h5H,3-4H2,1-2H3/b7-6-. The predicted molar refractivity (Wildman–Crippen MR) is 43.3 cm³/mol. The molecule has 0 radical (unpaired) electrons. The van der Waals surface area contributed by atoms with Crippen LogP contribution in [0.2, 0.25) is 0 Å². The summed E-state index contributed by atoms with van der Waals surface area (Å²) >= 11 is 5.71. The van der Waals surface area contributed by atoms with Gasteiger partial charge in [0.2, 0.25) is 0 Å². The van der Waals surface area contributed by atoms with Gasteiger partial charge in [-0.15, -0.1) is 0 Å². The summed E-state index contributed by atoms with van der Waals surface area (Å²) in [4.78, 5) is 10.8. The Morgan fingerprint density at radius 3 is 2.82 bits per heavy atom. The van der Waals surface area contributed by atoms with Crippen LogP contribution in [0.25, 0.3) is 0 Å². The van der Waals surface area contributed by atoms with Gasteiger partial charge in [-0.2, -0.15) is 0 Å². The number of carbonyl (C=O) groups is 1. The van der Waals surface area contributed by atoms with E-state index in [1.165, 1.54) is 7.11 Å². The highest BCUT2D eigenvalue weighted by Gasteiger charge is 2.33. The smallest absolute Gasteiger partial charge is 0.349 e. The molecule has 1 aliphatic carbocycles. The van der Waals surface area contributed by atoms with Crippen LogP contribution in [-0.2, 0) is 9.53 Å². The molecule has 3 heteroatoms. The molecule has 0 saturated heterocycles. The number of esters is 1. The minimum absolute atomic E-state index is 0.291. The molecule has 1 atom stereocenters. The lowest BCUT2D eigenvalue weighted by atomic mass is 10.3. The Morgan fingerprint density at radius 1 is 1.82 bits per heavy atom. The van der Waals surface area contributed by atoms with E-state index in [0.717, 1.165) is 18.4 Å². The van der Waals surface area contributed by atoms with Gasteiger partial charge in [0.15, 0.2) is 0 Å². The molecule has 0 bridgehead atoms. The minimum atomic E-state index is -0.405. The molecule has 1 unspecified atom stereocenters. The lowest BCUT2D eigenvalue weighted by Crippen LogP contribution is -1.99. The largest absolute Gasteiger partial charge is 0.465 e. The van der Waals surface area contributed by atoms with Gasteiger partial charge >= 0.3 is 5.97 Å². The van der Waals surface area contributed by atoms with Crippen molar-refractivity contribution >= 4 is 17.6 Å². The maximum atomic E-state index is 10.8. The third kappa shape index (κ3) is 1.74. The average Bonchev–Trinajstić information content (AvgIpc) is 2.80. The van der Waals surface area contributed by atoms with E-state index in [0.29, 0.717) is 11.0 Å². The van der Waals surface area contributed by atoms with Crippen LogP contribution in [-0.4, -0.2) is 13.1 Å². The second-order valence-electron chi connectivity index (χ2n) is 2.64. The molecule has 0 aliphatic heterocycles. The van der Waals surface area contributed by atoms with Gasteiger partial charge in [-0.1, -0.05) is 18.5 Å². The van der Waals surface area contributed by atoms with Crippen LogP contribution in [0.4, 0.5) is 0 Å². The summed E-state index contributed by atoms with van der Waals surface area (Å²) in [6.45, 7) is 2.08. The molecule has 0 heterocycles. The highest BCUT2D eigenvalue weighted by atomic mass is 35.5. The molecule has 0 aromatic rings. The molecule has 1 aliphatic rings. The van der Waals surface area contributed by atoms with E-state index in [9.17, 15) is 4.79 Å². The number of rotatable bonds is 2. The zero-order valence-electron chi connectivity index (χ0n) is 6.69. The Balaban J connectivity index is 2.61. The van der Waals surface area contributed by atoms with Crippen molar-refractivity contribution in [3.05, 3.63) is 10.6 Å². The fourth-order valence-corrected chi connectivity index (χ4v) is 1.40. The predicted octanol–water partition coefficient (Wildman–Crippen LogP) is 2.08. The summed E-state index contributed by atoms with van der Waals surface area (Å²) in [5.74, 6) is 0.124. The summed E-state index contributed by atoms with van der Waals surface area (Å²) < 4.78 is 4.48. The van der Waals surface area contributed by atoms with Crippen LogP contribution in [0.1, 0.15) is 19.8 Å². The first-order valence-corrected chi connectivity index (χ1v) is 4.05. The van der Waals surface area contributed by atoms with Gasteiger partial charge in [-0.25, -0.2) is 4.79 Å². The van der Waals surface area contributed by atoms with Crippen molar-refractivity contribution in [2.24, 2.45) is 5.92 Å². The van der Waals surface area contributed by atoms with Crippen molar-refractivity contribution in [3.63, 3.8) is 0 Å².